The molecule has 5 nitrogen and oxygen atoms in total. The topological polar surface area (TPSA) is 48.0 Å². The van der Waals surface area contributed by atoms with E-state index in [0.29, 0.717) is 12.3 Å². The molecule has 0 aromatic heterocycles. The number of hydrogen-bond donors (Lipinski definition) is 0. The molecule has 1 atom stereocenters. The minimum Gasteiger partial charge on any atom is -0.484 e. The summed E-state index contributed by atoms with van der Waals surface area (Å²) >= 11 is 0. The highest BCUT2D eigenvalue weighted by molar-refractivity contribution is 5.78. The Balaban J connectivity index is 1.46. The number of benzene rings is 2. The SMILES string of the molecule is CC1c2cc3c(cc2CCN1C(=O)COc1ccc(F)cc1)OCO3. The molecule has 2 heterocycles. The average Bonchev–Trinajstić information content (AvgIpc) is 3.07. The quantitative estimate of drug-likeness (QED) is 0.859. The largest absolute Gasteiger partial charge is 0.484 e. The lowest BCUT2D eigenvalue weighted by Gasteiger charge is -2.35. The van der Waals surface area contributed by atoms with E-state index in [2.05, 4.69) is 0 Å². The molecule has 130 valence electrons. The van der Waals surface area contributed by atoms with E-state index < -0.39 is 0 Å². The lowest BCUT2D eigenvalue weighted by molar-refractivity contribution is -0.135. The summed E-state index contributed by atoms with van der Waals surface area (Å²) in [5, 5.41) is 0. The van der Waals surface area contributed by atoms with Gasteiger partial charge < -0.3 is 19.1 Å². The van der Waals surface area contributed by atoms with E-state index in [1.165, 1.54) is 29.8 Å². The maximum absolute atomic E-state index is 12.9. The Bertz CT molecular complexity index is 806. The Morgan fingerprint density at radius 1 is 1.24 bits per heavy atom. The van der Waals surface area contributed by atoms with Crippen molar-refractivity contribution in [2.24, 2.45) is 0 Å². The van der Waals surface area contributed by atoms with Gasteiger partial charge in [-0.2, -0.15) is 0 Å². The second-order valence-electron chi connectivity index (χ2n) is 6.16. The fourth-order valence-corrected chi connectivity index (χ4v) is 3.31. The van der Waals surface area contributed by atoms with E-state index in [9.17, 15) is 9.18 Å². The van der Waals surface area contributed by atoms with Crippen molar-refractivity contribution in [3.63, 3.8) is 0 Å². The third-order valence-corrected chi connectivity index (χ3v) is 4.67. The van der Waals surface area contributed by atoms with Crippen LogP contribution in [-0.2, 0) is 11.2 Å². The first-order chi connectivity index (χ1) is 12.1. The molecular formula is C19H18FNO4. The van der Waals surface area contributed by atoms with Crippen molar-refractivity contribution in [1.29, 1.82) is 0 Å². The highest BCUT2D eigenvalue weighted by Gasteiger charge is 2.30. The van der Waals surface area contributed by atoms with Crippen LogP contribution in [0.5, 0.6) is 17.2 Å². The number of nitrogens with zero attached hydrogens (tertiary/aromatic N) is 1. The van der Waals surface area contributed by atoms with Crippen LogP contribution in [0.1, 0.15) is 24.1 Å². The normalized spacial score (nSPS) is 18.0. The Hall–Kier alpha value is -2.76. The molecule has 0 saturated heterocycles. The highest BCUT2D eigenvalue weighted by Crippen LogP contribution is 2.40. The molecule has 2 aromatic rings. The summed E-state index contributed by atoms with van der Waals surface area (Å²) in [5.74, 6) is 1.54. The van der Waals surface area contributed by atoms with E-state index in [-0.39, 0.29) is 31.2 Å². The standard InChI is InChI=1S/C19H18FNO4/c1-12-16-9-18-17(24-11-25-18)8-13(16)6-7-21(12)19(22)10-23-15-4-2-14(20)3-5-15/h2-5,8-9,12H,6-7,10-11H2,1H3. The molecule has 1 amide bonds. The van der Waals surface area contributed by atoms with Crippen LogP contribution in [0.25, 0.3) is 0 Å². The smallest absolute Gasteiger partial charge is 0.261 e. The summed E-state index contributed by atoms with van der Waals surface area (Å²) < 4.78 is 29.3. The van der Waals surface area contributed by atoms with Gasteiger partial charge in [-0.15, -0.1) is 0 Å². The van der Waals surface area contributed by atoms with Crippen molar-refractivity contribution < 1.29 is 23.4 Å². The van der Waals surface area contributed by atoms with Crippen LogP contribution in [0, 0.1) is 5.82 Å². The highest BCUT2D eigenvalue weighted by atomic mass is 19.1. The first-order valence-corrected chi connectivity index (χ1v) is 8.22. The number of halogens is 1. The maximum Gasteiger partial charge on any atom is 0.261 e. The summed E-state index contributed by atoms with van der Waals surface area (Å²) in [6.45, 7) is 2.78. The van der Waals surface area contributed by atoms with Gasteiger partial charge in [0.2, 0.25) is 6.79 Å². The van der Waals surface area contributed by atoms with E-state index in [1.54, 1.807) is 4.90 Å². The monoisotopic (exact) mass is 343 g/mol. The molecule has 2 aliphatic rings. The predicted octanol–water partition coefficient (Wildman–Crippen LogP) is 3.08. The van der Waals surface area contributed by atoms with Crippen LogP contribution in [0.4, 0.5) is 4.39 Å². The summed E-state index contributed by atoms with van der Waals surface area (Å²) in [6, 6.07) is 9.54. The van der Waals surface area contributed by atoms with E-state index in [0.717, 1.165) is 23.5 Å². The molecule has 0 radical (unpaired) electrons. The number of ether oxygens (including phenoxy) is 3. The number of hydrogen-bond acceptors (Lipinski definition) is 4. The third kappa shape index (κ3) is 2.99. The van der Waals surface area contributed by atoms with Gasteiger partial charge in [0, 0.05) is 6.54 Å². The molecule has 1 unspecified atom stereocenters. The first-order valence-electron chi connectivity index (χ1n) is 8.22. The molecule has 0 N–H and O–H groups in total. The molecule has 6 heteroatoms. The number of carbonyl (C=O) groups is 1. The number of carbonyl (C=O) groups excluding carboxylic acids is 1. The first kappa shape index (κ1) is 15.7. The van der Waals surface area contributed by atoms with Gasteiger partial charge in [0.1, 0.15) is 11.6 Å². The minimum absolute atomic E-state index is 0.0671. The van der Waals surface area contributed by atoms with Gasteiger partial charge in [-0.25, -0.2) is 4.39 Å². The second-order valence-corrected chi connectivity index (χ2v) is 6.16. The number of rotatable bonds is 3. The van der Waals surface area contributed by atoms with Gasteiger partial charge >= 0.3 is 0 Å². The molecule has 2 aromatic carbocycles. The summed E-state index contributed by atoms with van der Waals surface area (Å²) in [7, 11) is 0. The van der Waals surface area contributed by atoms with Crippen molar-refractivity contribution >= 4 is 5.91 Å². The molecular weight excluding hydrogens is 325 g/mol. The Morgan fingerprint density at radius 2 is 1.96 bits per heavy atom. The van der Waals surface area contributed by atoms with Gasteiger partial charge in [0.15, 0.2) is 18.1 Å². The zero-order valence-corrected chi connectivity index (χ0v) is 13.8. The molecule has 25 heavy (non-hydrogen) atoms. The van der Waals surface area contributed by atoms with Gasteiger partial charge in [-0.05, 0) is 60.9 Å². The van der Waals surface area contributed by atoms with Crippen molar-refractivity contribution in [2.45, 2.75) is 19.4 Å². The van der Waals surface area contributed by atoms with Gasteiger partial charge in [-0.1, -0.05) is 0 Å². The van der Waals surface area contributed by atoms with Crippen molar-refractivity contribution in [3.05, 3.63) is 53.3 Å². The van der Waals surface area contributed by atoms with Crippen LogP contribution in [0.2, 0.25) is 0 Å². The van der Waals surface area contributed by atoms with Crippen LogP contribution < -0.4 is 14.2 Å². The number of fused-ring (bicyclic) bond motifs is 2. The maximum atomic E-state index is 12.9. The van der Waals surface area contributed by atoms with Gasteiger partial charge in [-0.3, -0.25) is 4.79 Å². The van der Waals surface area contributed by atoms with Crippen molar-refractivity contribution in [3.8, 4) is 17.2 Å². The van der Waals surface area contributed by atoms with E-state index >= 15 is 0 Å². The summed E-state index contributed by atoms with van der Waals surface area (Å²) in [4.78, 5) is 14.4. The molecule has 0 bridgehead atoms. The molecule has 0 aliphatic carbocycles. The summed E-state index contributed by atoms with van der Waals surface area (Å²) in [6.07, 6.45) is 0.763. The fraction of sp³-hybridized carbons (Fsp3) is 0.316. The van der Waals surface area contributed by atoms with E-state index in [4.69, 9.17) is 14.2 Å². The van der Waals surface area contributed by atoms with Crippen LogP contribution in [0.3, 0.4) is 0 Å². The zero-order chi connectivity index (χ0) is 17.4. The zero-order valence-electron chi connectivity index (χ0n) is 13.8. The number of amides is 1. The van der Waals surface area contributed by atoms with Crippen molar-refractivity contribution in [2.75, 3.05) is 19.9 Å². The van der Waals surface area contributed by atoms with Gasteiger partial charge in [0.25, 0.3) is 5.91 Å². The molecule has 0 saturated carbocycles. The Morgan fingerprint density at radius 3 is 2.72 bits per heavy atom. The lowest BCUT2D eigenvalue weighted by atomic mass is 9.93. The minimum atomic E-state index is -0.335. The average molecular weight is 343 g/mol. The van der Waals surface area contributed by atoms with Crippen LogP contribution in [0.15, 0.2) is 36.4 Å². The molecule has 4 rings (SSSR count). The summed E-state index contributed by atoms with van der Waals surface area (Å²) in [5.41, 5.74) is 2.26. The van der Waals surface area contributed by atoms with Crippen molar-refractivity contribution in [1.82, 2.24) is 4.90 Å². The van der Waals surface area contributed by atoms with Crippen LogP contribution >= 0.6 is 0 Å². The Kier molecular flexibility index (Phi) is 3.95. The predicted molar refractivity (Wildman–Crippen MR) is 88.3 cm³/mol. The van der Waals surface area contributed by atoms with Gasteiger partial charge in [0.05, 0.1) is 6.04 Å². The Labute approximate surface area is 144 Å². The van der Waals surface area contributed by atoms with E-state index in [1.807, 2.05) is 19.1 Å². The third-order valence-electron chi connectivity index (χ3n) is 4.67. The second kappa shape index (κ2) is 6.27. The molecule has 0 spiro atoms. The van der Waals surface area contributed by atoms with Crippen LogP contribution in [-0.4, -0.2) is 30.8 Å². The molecule has 2 aliphatic heterocycles. The fourth-order valence-electron chi connectivity index (χ4n) is 3.31. The lowest BCUT2D eigenvalue weighted by Crippen LogP contribution is -2.41. The molecule has 0 fully saturated rings.